The van der Waals surface area contributed by atoms with Crippen molar-refractivity contribution >= 4 is 40.7 Å². The fourth-order valence-electron chi connectivity index (χ4n) is 3.03. The number of fused-ring (bicyclic) bond motifs is 1. The maximum absolute atomic E-state index is 12.1. The van der Waals surface area contributed by atoms with Gasteiger partial charge in [-0.1, -0.05) is 29.8 Å². The maximum Gasteiger partial charge on any atom is 0.313 e. The zero-order chi connectivity index (χ0) is 19.4. The fraction of sp³-hybridized carbons (Fsp3) is 0.250. The molecule has 0 bridgehead atoms. The van der Waals surface area contributed by atoms with Crippen LogP contribution >= 0.6 is 11.6 Å². The molecule has 140 valence electrons. The number of amides is 3. The smallest absolute Gasteiger partial charge is 0.313 e. The molecule has 0 saturated heterocycles. The monoisotopic (exact) mass is 385 g/mol. The van der Waals surface area contributed by atoms with Crippen molar-refractivity contribution in [3.8, 4) is 0 Å². The number of hydrogen-bond acceptors (Lipinski definition) is 3. The first-order chi connectivity index (χ1) is 12.9. The predicted molar refractivity (Wildman–Crippen MR) is 105 cm³/mol. The first kappa shape index (κ1) is 18.9. The molecule has 1 heterocycles. The van der Waals surface area contributed by atoms with Crippen molar-refractivity contribution in [2.45, 2.75) is 26.3 Å². The van der Waals surface area contributed by atoms with Crippen molar-refractivity contribution in [3.63, 3.8) is 0 Å². The summed E-state index contributed by atoms with van der Waals surface area (Å²) in [6.45, 7) is 2.40. The number of anilines is 2. The molecule has 0 atom stereocenters. The number of nitrogens with one attached hydrogen (secondary N) is 2. The van der Waals surface area contributed by atoms with Crippen LogP contribution in [0.3, 0.4) is 0 Å². The van der Waals surface area contributed by atoms with E-state index >= 15 is 0 Å². The summed E-state index contributed by atoms with van der Waals surface area (Å²) in [6.07, 6.45) is 1.79. The Morgan fingerprint density at radius 2 is 1.81 bits per heavy atom. The Morgan fingerprint density at radius 3 is 2.52 bits per heavy atom. The molecule has 0 fully saturated rings. The number of carbonyl (C=O) groups excluding carboxylic acids is 3. The number of benzene rings is 2. The number of halogens is 1. The van der Waals surface area contributed by atoms with Crippen LogP contribution in [0.25, 0.3) is 0 Å². The van der Waals surface area contributed by atoms with Gasteiger partial charge in [0, 0.05) is 36.4 Å². The third kappa shape index (κ3) is 4.65. The quantitative estimate of drug-likeness (QED) is 0.797. The highest BCUT2D eigenvalue weighted by atomic mass is 35.5. The Kier molecular flexibility index (Phi) is 5.76. The summed E-state index contributed by atoms with van der Waals surface area (Å²) in [5.74, 6) is -1.53. The van der Waals surface area contributed by atoms with Crippen LogP contribution in [0, 0.1) is 0 Å². The van der Waals surface area contributed by atoms with Crippen LogP contribution in [0.1, 0.15) is 24.5 Å². The summed E-state index contributed by atoms with van der Waals surface area (Å²) in [5, 5.41) is 5.76. The van der Waals surface area contributed by atoms with E-state index in [1.54, 1.807) is 41.3 Å². The maximum atomic E-state index is 12.1. The third-order valence-corrected chi connectivity index (χ3v) is 4.67. The molecule has 6 nitrogen and oxygen atoms in total. The van der Waals surface area contributed by atoms with Crippen molar-refractivity contribution < 1.29 is 14.4 Å². The standard InChI is InChI=1S/C20H20ClN3O3/c1-13(25)24-10-2-3-15-6-9-17(11-18(15)24)23-20(27)19(26)22-12-14-4-7-16(21)8-5-14/h4-9,11H,2-3,10,12H2,1H3,(H,22,26)(H,23,27). The molecule has 0 radical (unpaired) electrons. The van der Waals surface area contributed by atoms with E-state index in [1.807, 2.05) is 6.07 Å². The predicted octanol–water partition coefficient (Wildman–Crippen LogP) is 2.89. The van der Waals surface area contributed by atoms with E-state index in [0.29, 0.717) is 17.3 Å². The molecule has 2 aromatic rings. The van der Waals surface area contributed by atoms with Gasteiger partial charge in [-0.2, -0.15) is 0 Å². The molecule has 7 heteroatoms. The lowest BCUT2D eigenvalue weighted by molar-refractivity contribution is -0.136. The molecule has 2 N–H and O–H groups in total. The summed E-state index contributed by atoms with van der Waals surface area (Å²) < 4.78 is 0. The molecule has 3 rings (SSSR count). The zero-order valence-electron chi connectivity index (χ0n) is 14.9. The van der Waals surface area contributed by atoms with Gasteiger partial charge in [-0.3, -0.25) is 14.4 Å². The van der Waals surface area contributed by atoms with Gasteiger partial charge >= 0.3 is 11.8 Å². The van der Waals surface area contributed by atoms with Gasteiger partial charge in [0.25, 0.3) is 0 Å². The highest BCUT2D eigenvalue weighted by Crippen LogP contribution is 2.30. The molecule has 3 amide bonds. The lowest BCUT2D eigenvalue weighted by atomic mass is 10.0. The van der Waals surface area contributed by atoms with Gasteiger partial charge in [0.05, 0.1) is 0 Å². The van der Waals surface area contributed by atoms with Gasteiger partial charge in [-0.05, 0) is 48.2 Å². The van der Waals surface area contributed by atoms with Crippen molar-refractivity contribution in [2.24, 2.45) is 0 Å². The van der Waals surface area contributed by atoms with E-state index in [2.05, 4.69) is 10.6 Å². The van der Waals surface area contributed by atoms with Crippen LogP contribution in [0.4, 0.5) is 11.4 Å². The van der Waals surface area contributed by atoms with Crippen molar-refractivity contribution in [3.05, 3.63) is 58.6 Å². The minimum absolute atomic E-state index is 0.0415. The summed E-state index contributed by atoms with van der Waals surface area (Å²) in [5.41, 5.74) is 3.16. The lowest BCUT2D eigenvalue weighted by Gasteiger charge is -2.29. The molecule has 0 unspecified atom stereocenters. The highest BCUT2D eigenvalue weighted by molar-refractivity contribution is 6.39. The third-order valence-electron chi connectivity index (χ3n) is 4.41. The van der Waals surface area contributed by atoms with E-state index in [0.717, 1.165) is 29.7 Å². The second-order valence-corrected chi connectivity index (χ2v) is 6.82. The zero-order valence-corrected chi connectivity index (χ0v) is 15.7. The Hall–Kier alpha value is -2.86. The van der Waals surface area contributed by atoms with Crippen molar-refractivity contribution in [2.75, 3.05) is 16.8 Å². The van der Waals surface area contributed by atoms with Crippen LogP contribution in [0.2, 0.25) is 5.02 Å². The topological polar surface area (TPSA) is 78.5 Å². The molecule has 2 aromatic carbocycles. The molecule has 1 aliphatic heterocycles. The number of rotatable bonds is 3. The SMILES string of the molecule is CC(=O)N1CCCc2ccc(NC(=O)C(=O)NCc3ccc(Cl)cc3)cc21. The molecular weight excluding hydrogens is 366 g/mol. The molecule has 0 saturated carbocycles. The first-order valence-electron chi connectivity index (χ1n) is 8.68. The highest BCUT2D eigenvalue weighted by Gasteiger charge is 2.21. The minimum Gasteiger partial charge on any atom is -0.344 e. The summed E-state index contributed by atoms with van der Waals surface area (Å²) in [4.78, 5) is 37.7. The number of nitrogens with zero attached hydrogens (tertiary/aromatic N) is 1. The van der Waals surface area contributed by atoms with Crippen LogP contribution in [0.15, 0.2) is 42.5 Å². The molecule has 1 aliphatic rings. The average Bonchev–Trinajstić information content (AvgIpc) is 2.66. The van der Waals surface area contributed by atoms with Gasteiger partial charge < -0.3 is 15.5 Å². The van der Waals surface area contributed by atoms with Crippen molar-refractivity contribution in [1.82, 2.24) is 5.32 Å². The number of carbonyl (C=O) groups is 3. The van der Waals surface area contributed by atoms with E-state index in [-0.39, 0.29) is 12.5 Å². The lowest BCUT2D eigenvalue weighted by Crippen LogP contribution is -2.35. The van der Waals surface area contributed by atoms with Gasteiger partial charge in [-0.25, -0.2) is 0 Å². The van der Waals surface area contributed by atoms with Gasteiger partial charge in [-0.15, -0.1) is 0 Å². The fourth-order valence-corrected chi connectivity index (χ4v) is 3.16. The number of hydrogen-bond donors (Lipinski definition) is 2. The summed E-state index contributed by atoms with van der Waals surface area (Å²) >= 11 is 5.82. The van der Waals surface area contributed by atoms with Gasteiger partial charge in [0.2, 0.25) is 5.91 Å². The first-order valence-corrected chi connectivity index (χ1v) is 9.06. The summed E-state index contributed by atoms with van der Waals surface area (Å²) in [6, 6.07) is 12.4. The van der Waals surface area contributed by atoms with E-state index in [4.69, 9.17) is 11.6 Å². The normalized spacial score (nSPS) is 12.9. The van der Waals surface area contributed by atoms with Crippen LogP contribution in [-0.2, 0) is 27.3 Å². The minimum atomic E-state index is -0.755. The average molecular weight is 386 g/mol. The second kappa shape index (κ2) is 8.22. The van der Waals surface area contributed by atoms with Crippen LogP contribution in [0.5, 0.6) is 0 Å². The molecule has 0 aromatic heterocycles. The van der Waals surface area contributed by atoms with Crippen LogP contribution < -0.4 is 15.5 Å². The van der Waals surface area contributed by atoms with Gasteiger partial charge in [0.1, 0.15) is 0 Å². The van der Waals surface area contributed by atoms with E-state index < -0.39 is 11.8 Å². The molecule has 0 aliphatic carbocycles. The van der Waals surface area contributed by atoms with E-state index in [9.17, 15) is 14.4 Å². The largest absolute Gasteiger partial charge is 0.344 e. The van der Waals surface area contributed by atoms with Crippen LogP contribution in [-0.4, -0.2) is 24.3 Å². The number of aryl methyl sites for hydroxylation is 1. The molecular formula is C20H20ClN3O3. The Labute approximate surface area is 162 Å². The van der Waals surface area contributed by atoms with Gasteiger partial charge in [0.15, 0.2) is 0 Å². The summed E-state index contributed by atoms with van der Waals surface area (Å²) in [7, 11) is 0. The Morgan fingerprint density at radius 1 is 1.07 bits per heavy atom. The second-order valence-electron chi connectivity index (χ2n) is 6.38. The molecule has 0 spiro atoms. The molecule has 27 heavy (non-hydrogen) atoms. The van der Waals surface area contributed by atoms with Crippen molar-refractivity contribution in [1.29, 1.82) is 0 Å². The Balaban J connectivity index is 1.63. The Bertz CT molecular complexity index is 881. The van der Waals surface area contributed by atoms with E-state index in [1.165, 1.54) is 6.92 Å².